The van der Waals surface area contributed by atoms with Gasteiger partial charge in [-0.05, 0) is 58.2 Å². The van der Waals surface area contributed by atoms with Crippen molar-refractivity contribution in [1.82, 2.24) is 10.2 Å². The lowest BCUT2D eigenvalue weighted by atomic mass is 10.0. The Morgan fingerprint density at radius 2 is 1.65 bits per heavy atom. The number of amides is 3. The lowest BCUT2D eigenvalue weighted by Gasteiger charge is -2.31. The Labute approximate surface area is 201 Å². The van der Waals surface area contributed by atoms with E-state index >= 15 is 0 Å². The van der Waals surface area contributed by atoms with Gasteiger partial charge in [0.15, 0.2) is 0 Å². The van der Waals surface area contributed by atoms with E-state index in [1.54, 1.807) is 26.8 Å². The number of aryl methyl sites for hydroxylation is 3. The maximum Gasteiger partial charge on any atom is 0.408 e. The number of aliphatic hydroxyl groups is 1. The second kappa shape index (κ2) is 11.7. The van der Waals surface area contributed by atoms with Gasteiger partial charge in [0.05, 0.1) is 6.61 Å². The molecule has 2 aromatic rings. The van der Waals surface area contributed by atoms with E-state index < -0.39 is 29.6 Å². The number of anilines is 1. The zero-order chi connectivity index (χ0) is 25.5. The maximum atomic E-state index is 13.6. The van der Waals surface area contributed by atoms with E-state index in [1.165, 1.54) is 4.90 Å². The van der Waals surface area contributed by atoms with Crippen LogP contribution >= 0.6 is 0 Å². The fourth-order valence-corrected chi connectivity index (χ4v) is 3.59. The van der Waals surface area contributed by atoms with Gasteiger partial charge in [0.25, 0.3) is 5.91 Å². The highest BCUT2D eigenvalue weighted by atomic mass is 16.6. The summed E-state index contributed by atoms with van der Waals surface area (Å²) in [6, 6.07) is 12.0. The highest BCUT2D eigenvalue weighted by molar-refractivity contribution is 5.99. The third kappa shape index (κ3) is 7.59. The minimum Gasteiger partial charge on any atom is -0.444 e. The van der Waals surface area contributed by atoms with E-state index in [0.29, 0.717) is 11.3 Å². The van der Waals surface area contributed by atoms with E-state index in [0.717, 1.165) is 16.7 Å². The van der Waals surface area contributed by atoms with E-state index in [1.807, 2.05) is 57.2 Å². The molecule has 0 aliphatic carbocycles. The molecule has 34 heavy (non-hydrogen) atoms. The molecule has 3 N–H and O–H groups in total. The number of para-hydroxylation sites is 1. The van der Waals surface area contributed by atoms with Crippen molar-refractivity contribution in [3.05, 3.63) is 64.7 Å². The van der Waals surface area contributed by atoms with Crippen LogP contribution < -0.4 is 10.6 Å². The molecule has 0 bridgehead atoms. The second-order valence-electron chi connectivity index (χ2n) is 9.24. The van der Waals surface area contributed by atoms with Crippen LogP contribution in [-0.2, 0) is 14.3 Å². The SMILES string of the molecule is Cc1cccc(C(C(=O)Nc2c(C)cccc2C)N(CCO)C(=O)CNC(=O)OC(C)(C)C)c1. The van der Waals surface area contributed by atoms with Crippen LogP contribution in [0.5, 0.6) is 0 Å². The molecule has 2 rings (SSSR count). The molecular weight excluding hydrogens is 434 g/mol. The van der Waals surface area contributed by atoms with Crippen molar-refractivity contribution in [3.8, 4) is 0 Å². The zero-order valence-corrected chi connectivity index (χ0v) is 20.8. The first-order valence-corrected chi connectivity index (χ1v) is 11.2. The number of aliphatic hydroxyl groups excluding tert-OH is 1. The Balaban J connectivity index is 2.37. The number of ether oxygens (including phenoxy) is 1. The summed E-state index contributed by atoms with van der Waals surface area (Å²) in [5.41, 5.74) is 3.26. The van der Waals surface area contributed by atoms with Crippen molar-refractivity contribution >= 4 is 23.6 Å². The quantitative estimate of drug-likeness (QED) is 0.547. The van der Waals surface area contributed by atoms with Gasteiger partial charge < -0.3 is 25.4 Å². The molecule has 184 valence electrons. The molecule has 0 saturated heterocycles. The van der Waals surface area contributed by atoms with Gasteiger partial charge in [-0.2, -0.15) is 0 Å². The number of benzene rings is 2. The highest BCUT2D eigenvalue weighted by Crippen LogP contribution is 2.26. The van der Waals surface area contributed by atoms with Crippen molar-refractivity contribution in [2.24, 2.45) is 0 Å². The molecule has 1 atom stereocenters. The number of nitrogens with zero attached hydrogens (tertiary/aromatic N) is 1. The van der Waals surface area contributed by atoms with Crippen LogP contribution in [0.1, 0.15) is 49.1 Å². The number of carbonyl (C=O) groups excluding carboxylic acids is 3. The van der Waals surface area contributed by atoms with Gasteiger partial charge in [-0.15, -0.1) is 0 Å². The topological polar surface area (TPSA) is 108 Å². The summed E-state index contributed by atoms with van der Waals surface area (Å²) in [7, 11) is 0. The summed E-state index contributed by atoms with van der Waals surface area (Å²) >= 11 is 0. The van der Waals surface area contributed by atoms with Crippen LogP contribution in [0.4, 0.5) is 10.5 Å². The number of nitrogens with one attached hydrogen (secondary N) is 2. The van der Waals surface area contributed by atoms with Gasteiger partial charge in [-0.25, -0.2) is 4.79 Å². The van der Waals surface area contributed by atoms with E-state index in [-0.39, 0.29) is 19.7 Å². The van der Waals surface area contributed by atoms with Crippen LogP contribution in [0.25, 0.3) is 0 Å². The molecule has 0 radical (unpaired) electrons. The van der Waals surface area contributed by atoms with Crippen molar-refractivity contribution in [2.45, 2.75) is 53.2 Å². The molecule has 8 heteroatoms. The molecule has 0 aromatic heterocycles. The number of alkyl carbamates (subject to hydrolysis) is 1. The Hall–Kier alpha value is -3.39. The first-order chi connectivity index (χ1) is 15.9. The van der Waals surface area contributed by atoms with Crippen LogP contribution in [0.3, 0.4) is 0 Å². The van der Waals surface area contributed by atoms with Crippen molar-refractivity contribution < 1.29 is 24.2 Å². The van der Waals surface area contributed by atoms with Crippen molar-refractivity contribution in [2.75, 3.05) is 25.0 Å². The molecule has 0 saturated carbocycles. The van der Waals surface area contributed by atoms with E-state index in [9.17, 15) is 19.5 Å². The van der Waals surface area contributed by atoms with Crippen LogP contribution in [0, 0.1) is 20.8 Å². The van der Waals surface area contributed by atoms with Gasteiger partial charge in [0.1, 0.15) is 18.2 Å². The second-order valence-corrected chi connectivity index (χ2v) is 9.24. The Morgan fingerprint density at radius 1 is 1.03 bits per heavy atom. The fourth-order valence-electron chi connectivity index (χ4n) is 3.59. The minimum atomic E-state index is -1.01. The molecule has 8 nitrogen and oxygen atoms in total. The van der Waals surface area contributed by atoms with Crippen LogP contribution in [0.2, 0.25) is 0 Å². The maximum absolute atomic E-state index is 13.6. The predicted molar refractivity (Wildman–Crippen MR) is 132 cm³/mol. The van der Waals surface area contributed by atoms with E-state index in [4.69, 9.17) is 4.74 Å². The number of carbonyl (C=O) groups is 3. The summed E-state index contributed by atoms with van der Waals surface area (Å²) < 4.78 is 5.19. The van der Waals surface area contributed by atoms with Gasteiger partial charge in [0, 0.05) is 12.2 Å². The molecular formula is C26H35N3O5. The average Bonchev–Trinajstić information content (AvgIpc) is 2.73. The standard InChI is InChI=1S/C26H35N3O5/c1-17-9-7-12-20(15-17)23(24(32)28-22-18(2)10-8-11-19(22)3)29(13-14-30)21(31)16-27-25(33)34-26(4,5)6/h7-12,15,23,30H,13-14,16H2,1-6H3,(H,27,33)(H,28,32). The summed E-state index contributed by atoms with van der Waals surface area (Å²) in [5, 5.41) is 15.1. The van der Waals surface area contributed by atoms with Gasteiger partial charge >= 0.3 is 6.09 Å². The number of hydrogen-bond donors (Lipinski definition) is 3. The minimum absolute atomic E-state index is 0.0897. The predicted octanol–water partition coefficient (Wildman–Crippen LogP) is 3.64. The smallest absolute Gasteiger partial charge is 0.408 e. The third-order valence-electron chi connectivity index (χ3n) is 5.09. The number of hydrogen-bond acceptors (Lipinski definition) is 5. The van der Waals surface area contributed by atoms with Crippen molar-refractivity contribution in [3.63, 3.8) is 0 Å². The van der Waals surface area contributed by atoms with Crippen LogP contribution in [0.15, 0.2) is 42.5 Å². The highest BCUT2D eigenvalue weighted by Gasteiger charge is 2.32. The molecule has 0 spiro atoms. The summed E-state index contributed by atoms with van der Waals surface area (Å²) in [5.74, 6) is -0.940. The fraction of sp³-hybridized carbons (Fsp3) is 0.423. The third-order valence-corrected chi connectivity index (χ3v) is 5.09. The molecule has 3 amide bonds. The first kappa shape index (κ1) is 26.9. The van der Waals surface area contributed by atoms with Crippen LogP contribution in [-0.4, -0.2) is 53.2 Å². The lowest BCUT2D eigenvalue weighted by Crippen LogP contribution is -2.47. The first-order valence-electron chi connectivity index (χ1n) is 11.2. The van der Waals surface area contributed by atoms with Gasteiger partial charge in [0.2, 0.25) is 5.91 Å². The van der Waals surface area contributed by atoms with Crippen molar-refractivity contribution in [1.29, 1.82) is 0 Å². The molecule has 1 unspecified atom stereocenters. The molecule has 2 aromatic carbocycles. The summed E-state index contributed by atoms with van der Waals surface area (Å²) in [4.78, 5) is 40.1. The molecule has 0 fully saturated rings. The summed E-state index contributed by atoms with van der Waals surface area (Å²) in [6.07, 6.45) is -0.739. The largest absolute Gasteiger partial charge is 0.444 e. The van der Waals surface area contributed by atoms with Gasteiger partial charge in [-0.1, -0.05) is 48.0 Å². The Morgan fingerprint density at radius 3 is 2.21 bits per heavy atom. The molecule has 0 heterocycles. The lowest BCUT2D eigenvalue weighted by molar-refractivity contribution is -0.138. The summed E-state index contributed by atoms with van der Waals surface area (Å²) in [6.45, 7) is 10.0. The molecule has 0 aliphatic heterocycles. The zero-order valence-electron chi connectivity index (χ0n) is 20.8. The molecule has 0 aliphatic rings. The Kier molecular flexibility index (Phi) is 9.20. The monoisotopic (exact) mass is 469 g/mol. The average molecular weight is 470 g/mol. The van der Waals surface area contributed by atoms with Gasteiger partial charge in [-0.3, -0.25) is 9.59 Å². The van der Waals surface area contributed by atoms with E-state index in [2.05, 4.69) is 10.6 Å². The number of rotatable bonds is 8. The normalized spacial score (nSPS) is 12.0. The Bertz CT molecular complexity index is 1010.